The molecule has 1 N–H and O–H groups in total. The molecule has 1 fully saturated rings. The number of nitrogens with zero attached hydrogens (tertiary/aromatic N) is 1. The Hall–Kier alpha value is -0.430. The number of hydrogen-bond acceptors (Lipinski definition) is 3. The first kappa shape index (κ1) is 14.0. The maximum Gasteiger partial charge on any atom is 0.253 e. The molecular weight excluding hydrogens is 318 g/mol. The summed E-state index contributed by atoms with van der Waals surface area (Å²) < 4.78 is 26.1. The zero-order valence-corrected chi connectivity index (χ0v) is 12.7. The molecule has 0 radical (unpaired) electrons. The van der Waals surface area contributed by atoms with Gasteiger partial charge in [-0.15, -0.1) is 3.33 Å². The van der Waals surface area contributed by atoms with Crippen LogP contribution in [-0.2, 0) is 10.0 Å². The molecule has 18 heavy (non-hydrogen) atoms. The lowest BCUT2D eigenvalue weighted by Crippen LogP contribution is -2.55. The maximum atomic E-state index is 12.4. The molecular formula is C12H16BrNO3S. The van der Waals surface area contributed by atoms with Crippen LogP contribution in [0, 0.1) is 6.92 Å². The molecule has 0 unspecified atom stereocenters. The summed E-state index contributed by atoms with van der Waals surface area (Å²) in [6.07, 6.45) is 0.481. The van der Waals surface area contributed by atoms with E-state index in [0.717, 1.165) is 5.56 Å². The smallest absolute Gasteiger partial charge is 0.253 e. The summed E-state index contributed by atoms with van der Waals surface area (Å²) in [7, 11) is -3.56. The number of halogens is 1. The van der Waals surface area contributed by atoms with Crippen LogP contribution in [0.25, 0.3) is 0 Å². The molecule has 1 aromatic rings. The molecule has 0 heterocycles. The summed E-state index contributed by atoms with van der Waals surface area (Å²) in [6.45, 7) is 3.67. The number of hydrogen-bond donors (Lipinski definition) is 1. The van der Waals surface area contributed by atoms with E-state index in [1.165, 1.54) is 3.33 Å². The minimum absolute atomic E-state index is 0.266. The average Bonchev–Trinajstić information content (AvgIpc) is 2.26. The molecule has 4 nitrogen and oxygen atoms in total. The zero-order valence-electron chi connectivity index (χ0n) is 10.3. The van der Waals surface area contributed by atoms with Crippen molar-refractivity contribution in [3.8, 4) is 0 Å². The van der Waals surface area contributed by atoms with Gasteiger partial charge in [0.25, 0.3) is 10.0 Å². The standard InChI is InChI=1S/C12H16BrNO3S/c1-9-4-3-5-11(6-9)18(16,17)14(13)12(2)7-10(15)8-12/h3-6,10,15H,7-8H2,1-2H3. The van der Waals surface area contributed by atoms with Crippen LogP contribution < -0.4 is 0 Å². The first-order chi connectivity index (χ1) is 8.25. The Bertz CT molecular complexity index is 552. The summed E-state index contributed by atoms with van der Waals surface area (Å²) in [5.41, 5.74) is 0.345. The molecule has 0 aromatic heterocycles. The van der Waals surface area contributed by atoms with Crippen LogP contribution in [0.3, 0.4) is 0 Å². The monoisotopic (exact) mass is 333 g/mol. The number of aryl methyl sites for hydroxylation is 1. The first-order valence-corrected chi connectivity index (χ1v) is 7.87. The highest BCUT2D eigenvalue weighted by molar-refractivity contribution is 9.08. The lowest BCUT2D eigenvalue weighted by molar-refractivity contribution is 0.00138. The van der Waals surface area contributed by atoms with Crippen molar-refractivity contribution in [3.05, 3.63) is 29.8 Å². The number of sulfonamides is 1. The second-order valence-corrected chi connectivity index (χ2v) is 8.06. The molecule has 1 aliphatic rings. The molecule has 0 saturated heterocycles. The van der Waals surface area contributed by atoms with Gasteiger partial charge in [0.2, 0.25) is 0 Å². The topological polar surface area (TPSA) is 57.6 Å². The zero-order chi connectivity index (χ0) is 13.6. The van der Waals surface area contributed by atoms with E-state index in [4.69, 9.17) is 0 Å². The van der Waals surface area contributed by atoms with Crippen LogP contribution in [0.5, 0.6) is 0 Å². The number of aliphatic hydroxyl groups is 1. The largest absolute Gasteiger partial charge is 0.393 e. The van der Waals surface area contributed by atoms with E-state index < -0.39 is 21.7 Å². The third-order valence-corrected chi connectivity index (χ3v) is 6.99. The third-order valence-electron chi connectivity index (χ3n) is 3.27. The maximum absolute atomic E-state index is 12.4. The molecule has 0 aliphatic heterocycles. The van der Waals surface area contributed by atoms with Crippen LogP contribution in [-0.4, -0.2) is 28.5 Å². The summed E-state index contributed by atoms with van der Waals surface area (Å²) in [6, 6.07) is 6.80. The van der Waals surface area contributed by atoms with Crippen LogP contribution in [0.1, 0.15) is 25.3 Å². The van der Waals surface area contributed by atoms with Crippen molar-refractivity contribution < 1.29 is 13.5 Å². The van der Waals surface area contributed by atoms with E-state index in [9.17, 15) is 13.5 Å². The van der Waals surface area contributed by atoms with Gasteiger partial charge in [-0.05, 0) is 44.4 Å². The van der Waals surface area contributed by atoms with Gasteiger partial charge in [-0.3, -0.25) is 0 Å². The summed E-state index contributed by atoms with van der Waals surface area (Å²) in [5.74, 6) is 0. The molecule has 0 spiro atoms. The molecule has 1 aliphatic carbocycles. The fourth-order valence-corrected chi connectivity index (χ4v) is 4.55. The predicted octanol–water partition coefficient (Wildman–Crippen LogP) is 2.21. The lowest BCUT2D eigenvalue weighted by atomic mass is 9.77. The van der Waals surface area contributed by atoms with E-state index in [1.54, 1.807) is 18.2 Å². The van der Waals surface area contributed by atoms with Crippen LogP contribution in [0.4, 0.5) is 0 Å². The van der Waals surface area contributed by atoms with E-state index in [0.29, 0.717) is 12.8 Å². The average molecular weight is 334 g/mol. The Kier molecular flexibility index (Phi) is 3.57. The minimum Gasteiger partial charge on any atom is -0.393 e. The second kappa shape index (κ2) is 4.59. The Morgan fingerprint density at radius 3 is 2.56 bits per heavy atom. The van der Waals surface area contributed by atoms with Gasteiger partial charge in [-0.25, -0.2) is 8.42 Å². The highest BCUT2D eigenvalue weighted by Gasteiger charge is 2.48. The van der Waals surface area contributed by atoms with Gasteiger partial charge >= 0.3 is 0 Å². The molecule has 0 bridgehead atoms. The Labute approximate surface area is 116 Å². The predicted molar refractivity (Wildman–Crippen MR) is 72.8 cm³/mol. The van der Waals surface area contributed by atoms with Crippen molar-refractivity contribution in [2.45, 2.75) is 43.2 Å². The summed E-state index contributed by atoms with van der Waals surface area (Å²) in [4.78, 5) is 0.266. The molecule has 0 amide bonds. The van der Waals surface area contributed by atoms with Crippen LogP contribution in [0.15, 0.2) is 29.2 Å². The Morgan fingerprint density at radius 1 is 1.44 bits per heavy atom. The molecule has 2 rings (SSSR count). The van der Waals surface area contributed by atoms with Crippen LogP contribution >= 0.6 is 16.1 Å². The molecule has 100 valence electrons. The second-order valence-electron chi connectivity index (χ2n) is 5.10. The van der Waals surface area contributed by atoms with Crippen molar-refractivity contribution in [2.75, 3.05) is 0 Å². The molecule has 0 atom stereocenters. The normalized spacial score (nSPS) is 28.2. The summed E-state index contributed by atoms with van der Waals surface area (Å²) in [5, 5.41) is 9.37. The highest BCUT2D eigenvalue weighted by Crippen LogP contribution is 2.42. The highest BCUT2D eigenvalue weighted by atomic mass is 79.9. The van der Waals surface area contributed by atoms with Crippen molar-refractivity contribution in [1.82, 2.24) is 3.33 Å². The van der Waals surface area contributed by atoms with Gasteiger partial charge < -0.3 is 5.11 Å². The number of benzene rings is 1. The fraction of sp³-hybridized carbons (Fsp3) is 0.500. The molecule has 6 heteroatoms. The van der Waals surface area contributed by atoms with Gasteiger partial charge in [0.1, 0.15) is 0 Å². The molecule has 1 aromatic carbocycles. The number of rotatable bonds is 3. The van der Waals surface area contributed by atoms with Crippen LogP contribution in [0.2, 0.25) is 0 Å². The number of aliphatic hydroxyl groups excluding tert-OH is 1. The minimum atomic E-state index is -3.56. The first-order valence-electron chi connectivity index (χ1n) is 5.72. The quantitative estimate of drug-likeness (QED) is 0.863. The lowest BCUT2D eigenvalue weighted by Gasteiger charge is -2.46. The van der Waals surface area contributed by atoms with Crippen molar-refractivity contribution in [2.24, 2.45) is 0 Å². The van der Waals surface area contributed by atoms with E-state index in [-0.39, 0.29) is 4.90 Å². The molecule has 1 saturated carbocycles. The fourth-order valence-electron chi connectivity index (χ4n) is 2.26. The van der Waals surface area contributed by atoms with Gasteiger partial charge in [-0.1, -0.05) is 12.1 Å². The Morgan fingerprint density at radius 2 is 2.06 bits per heavy atom. The van der Waals surface area contributed by atoms with Gasteiger partial charge in [0.05, 0.1) is 11.0 Å². The van der Waals surface area contributed by atoms with Crippen molar-refractivity contribution in [1.29, 1.82) is 0 Å². The van der Waals surface area contributed by atoms with E-state index in [1.807, 2.05) is 19.9 Å². The van der Waals surface area contributed by atoms with Crippen molar-refractivity contribution >= 4 is 26.2 Å². The van der Waals surface area contributed by atoms with Gasteiger partial charge in [0.15, 0.2) is 0 Å². The van der Waals surface area contributed by atoms with E-state index in [2.05, 4.69) is 16.1 Å². The SMILES string of the molecule is Cc1cccc(S(=O)(=O)N(Br)C2(C)CC(O)C2)c1. The van der Waals surface area contributed by atoms with Gasteiger partial charge in [0, 0.05) is 21.7 Å². The third kappa shape index (κ3) is 2.34. The van der Waals surface area contributed by atoms with Gasteiger partial charge in [-0.2, -0.15) is 0 Å². The van der Waals surface area contributed by atoms with Crippen molar-refractivity contribution in [3.63, 3.8) is 0 Å². The van der Waals surface area contributed by atoms with E-state index >= 15 is 0 Å². The summed E-state index contributed by atoms with van der Waals surface area (Å²) >= 11 is 3.16. The Balaban J connectivity index is 2.32.